The van der Waals surface area contributed by atoms with Crippen LogP contribution in [0.25, 0.3) is 22.3 Å². The third-order valence-corrected chi connectivity index (χ3v) is 6.73. The number of fused-ring (bicyclic) bond motifs is 1. The number of hydrogen-bond acceptors (Lipinski definition) is 6. The van der Waals surface area contributed by atoms with Crippen LogP contribution < -0.4 is 5.43 Å². The Labute approximate surface area is 195 Å². The molecule has 0 amide bonds. The van der Waals surface area contributed by atoms with Crippen LogP contribution in [0.4, 0.5) is 0 Å². The van der Waals surface area contributed by atoms with Gasteiger partial charge in [0.15, 0.2) is 5.43 Å². The average molecular weight is 562 g/mol. The molecule has 30 heavy (non-hydrogen) atoms. The summed E-state index contributed by atoms with van der Waals surface area (Å²) < 4.78 is 7.72. The maximum Gasteiger partial charge on any atom is 0.197 e. The van der Waals surface area contributed by atoms with Crippen LogP contribution in [0.2, 0.25) is 0 Å². The van der Waals surface area contributed by atoms with Crippen LogP contribution in [0.15, 0.2) is 48.5 Å². The van der Waals surface area contributed by atoms with E-state index in [1.54, 1.807) is 6.07 Å². The Morgan fingerprint density at radius 3 is 2.57 bits per heavy atom. The molecule has 1 saturated heterocycles. The number of nitrogens with zero attached hydrogens (tertiary/aromatic N) is 1. The van der Waals surface area contributed by atoms with E-state index in [1.807, 2.05) is 24.1 Å². The number of aliphatic hydroxyl groups is 1. The number of phenols is 2. The van der Waals surface area contributed by atoms with E-state index in [1.165, 1.54) is 12.1 Å². The lowest BCUT2D eigenvalue weighted by atomic mass is 9.89. The number of aromatic hydroxyl groups is 2. The van der Waals surface area contributed by atoms with Crippen LogP contribution in [-0.4, -0.2) is 46.5 Å². The van der Waals surface area contributed by atoms with E-state index in [9.17, 15) is 20.1 Å². The molecule has 1 aromatic heterocycles. The molecule has 9 heteroatoms. The normalized spacial score (nSPS) is 19.2. The van der Waals surface area contributed by atoms with Crippen LogP contribution in [0.5, 0.6) is 11.5 Å². The molecule has 1 aliphatic heterocycles. The van der Waals surface area contributed by atoms with E-state index in [0.717, 1.165) is 15.5 Å². The number of halogens is 3. The van der Waals surface area contributed by atoms with Crippen molar-refractivity contribution in [1.82, 2.24) is 4.90 Å². The molecule has 1 fully saturated rings. The topological polar surface area (TPSA) is 94.1 Å². The summed E-state index contributed by atoms with van der Waals surface area (Å²) in [4.78, 5) is 14.9. The Morgan fingerprint density at radius 1 is 1.17 bits per heavy atom. The Balaban J connectivity index is 0.00000256. The summed E-state index contributed by atoms with van der Waals surface area (Å²) >= 11 is 6.89. The van der Waals surface area contributed by atoms with Gasteiger partial charge in [0, 0.05) is 44.2 Å². The molecule has 4 rings (SSSR count). The molecular weight excluding hydrogens is 541 g/mol. The first-order chi connectivity index (χ1) is 13.8. The third-order valence-electron chi connectivity index (χ3n) is 5.58. The lowest BCUT2D eigenvalue weighted by Gasteiger charge is -2.24. The fourth-order valence-corrected chi connectivity index (χ4v) is 5.36. The summed E-state index contributed by atoms with van der Waals surface area (Å²) in [6.07, 6.45) is 0.686. The average Bonchev–Trinajstić information content (AvgIpc) is 3.01. The number of hydrogen-bond donors (Lipinski definition) is 3. The lowest BCUT2D eigenvalue weighted by molar-refractivity contribution is 0.172. The Hall–Kier alpha value is -1.58. The van der Waals surface area contributed by atoms with Gasteiger partial charge in [-0.05, 0) is 54.1 Å². The first kappa shape index (κ1) is 23.1. The highest BCUT2D eigenvalue weighted by Crippen LogP contribution is 2.44. The second-order valence-electron chi connectivity index (χ2n) is 7.26. The molecule has 0 radical (unpaired) electrons. The maximum atomic E-state index is 12.9. The zero-order valence-electron chi connectivity index (χ0n) is 15.9. The van der Waals surface area contributed by atoms with Gasteiger partial charge in [-0.3, -0.25) is 4.79 Å². The SMILES string of the molecule is CN1CC[C@@H](c2c(O)cc(O)c3c(=O)cc(-c4ccc(Br)cc4Br)oc23)[C@@H]1CO.Cl. The van der Waals surface area contributed by atoms with Crippen molar-refractivity contribution < 1.29 is 19.7 Å². The molecule has 3 N–H and O–H groups in total. The molecule has 0 spiro atoms. The summed E-state index contributed by atoms with van der Waals surface area (Å²) in [6, 6.07) is 7.77. The van der Waals surface area contributed by atoms with Gasteiger partial charge in [0.05, 0.1) is 6.61 Å². The molecule has 0 aliphatic carbocycles. The summed E-state index contributed by atoms with van der Waals surface area (Å²) in [6.45, 7) is 0.644. The Morgan fingerprint density at radius 2 is 1.90 bits per heavy atom. The van der Waals surface area contributed by atoms with Gasteiger partial charge in [0.2, 0.25) is 0 Å². The molecule has 3 aromatic rings. The highest BCUT2D eigenvalue weighted by molar-refractivity contribution is 9.11. The van der Waals surface area contributed by atoms with Gasteiger partial charge in [-0.1, -0.05) is 15.9 Å². The van der Waals surface area contributed by atoms with Crippen LogP contribution >= 0.6 is 44.3 Å². The molecule has 2 atom stereocenters. The molecule has 0 bridgehead atoms. The Bertz CT molecular complexity index is 1170. The molecule has 0 saturated carbocycles. The van der Waals surface area contributed by atoms with E-state index < -0.39 is 5.43 Å². The molecule has 160 valence electrons. The first-order valence-corrected chi connectivity index (χ1v) is 10.7. The predicted molar refractivity (Wildman–Crippen MR) is 125 cm³/mol. The molecule has 0 unspecified atom stereocenters. The fourth-order valence-electron chi connectivity index (χ4n) is 4.11. The van der Waals surface area contributed by atoms with Crippen LogP contribution in [0.1, 0.15) is 17.9 Å². The molecule has 1 aliphatic rings. The van der Waals surface area contributed by atoms with Crippen molar-refractivity contribution in [2.75, 3.05) is 20.2 Å². The predicted octanol–water partition coefficient (Wildman–Crippen LogP) is 4.60. The van der Waals surface area contributed by atoms with Crippen molar-refractivity contribution in [2.45, 2.75) is 18.4 Å². The summed E-state index contributed by atoms with van der Waals surface area (Å²) in [5, 5.41) is 30.9. The van der Waals surface area contributed by atoms with Crippen molar-refractivity contribution in [3.8, 4) is 22.8 Å². The molecule has 2 aromatic carbocycles. The van der Waals surface area contributed by atoms with Crippen LogP contribution in [-0.2, 0) is 0 Å². The summed E-state index contributed by atoms with van der Waals surface area (Å²) in [5.41, 5.74) is 0.858. The number of benzene rings is 2. The molecule has 2 heterocycles. The van der Waals surface area contributed by atoms with Gasteiger partial charge < -0.3 is 24.6 Å². The highest BCUT2D eigenvalue weighted by atomic mass is 79.9. The minimum Gasteiger partial charge on any atom is -0.507 e. The standard InChI is InChI=1S/C21H19Br2NO5.ClH/c1-24-5-4-12(14(24)9-25)19-15(26)7-16(27)20-17(28)8-18(29-21(19)20)11-3-2-10(22)6-13(11)23;/h2-3,6-8,12,14,25-27H,4-5,9H2,1H3;1H/t12-,14+;/m1./s1. The van der Waals surface area contributed by atoms with E-state index in [0.29, 0.717) is 23.3 Å². The van der Waals surface area contributed by atoms with E-state index in [4.69, 9.17) is 4.42 Å². The third kappa shape index (κ3) is 3.87. The quantitative estimate of drug-likeness (QED) is 0.433. The lowest BCUT2D eigenvalue weighted by Crippen LogP contribution is -2.32. The van der Waals surface area contributed by atoms with Crippen molar-refractivity contribution >= 4 is 55.2 Å². The minimum atomic E-state index is -0.401. The van der Waals surface area contributed by atoms with Gasteiger partial charge in [-0.2, -0.15) is 0 Å². The first-order valence-electron chi connectivity index (χ1n) is 9.11. The van der Waals surface area contributed by atoms with Gasteiger partial charge >= 0.3 is 0 Å². The van der Waals surface area contributed by atoms with Crippen LogP contribution in [0.3, 0.4) is 0 Å². The van der Waals surface area contributed by atoms with Crippen molar-refractivity contribution in [2.24, 2.45) is 0 Å². The number of phenolic OH excluding ortho intramolecular Hbond substituents is 2. The highest BCUT2D eigenvalue weighted by Gasteiger charge is 2.36. The van der Waals surface area contributed by atoms with Crippen molar-refractivity contribution in [3.63, 3.8) is 0 Å². The molecule has 6 nitrogen and oxygen atoms in total. The summed E-state index contributed by atoms with van der Waals surface area (Å²) in [7, 11) is 1.90. The minimum absolute atomic E-state index is 0. The smallest absolute Gasteiger partial charge is 0.197 e. The van der Waals surface area contributed by atoms with E-state index in [2.05, 4.69) is 31.9 Å². The van der Waals surface area contributed by atoms with Crippen molar-refractivity contribution in [3.05, 3.63) is 55.1 Å². The van der Waals surface area contributed by atoms with E-state index in [-0.39, 0.29) is 53.4 Å². The number of likely N-dealkylation sites (N-methyl/N-ethyl adjacent to an activating group) is 1. The van der Waals surface area contributed by atoms with Crippen LogP contribution in [0, 0.1) is 0 Å². The number of aliphatic hydroxyl groups excluding tert-OH is 1. The van der Waals surface area contributed by atoms with Gasteiger partial charge in [0.1, 0.15) is 28.2 Å². The van der Waals surface area contributed by atoms with Crippen molar-refractivity contribution in [1.29, 1.82) is 0 Å². The Kier molecular flexibility index (Phi) is 6.84. The fraction of sp³-hybridized carbons (Fsp3) is 0.286. The summed E-state index contributed by atoms with van der Waals surface area (Å²) in [5.74, 6) is -0.396. The van der Waals surface area contributed by atoms with Gasteiger partial charge in [-0.25, -0.2) is 0 Å². The van der Waals surface area contributed by atoms with Gasteiger partial charge in [-0.15, -0.1) is 12.4 Å². The zero-order chi connectivity index (χ0) is 20.9. The second-order valence-corrected chi connectivity index (χ2v) is 9.03. The van der Waals surface area contributed by atoms with Gasteiger partial charge in [0.25, 0.3) is 0 Å². The number of likely N-dealkylation sites (tertiary alicyclic amines) is 1. The van der Waals surface area contributed by atoms with E-state index >= 15 is 0 Å². The number of rotatable bonds is 3. The second kappa shape index (κ2) is 8.88. The zero-order valence-corrected chi connectivity index (χ0v) is 19.9. The molecular formula is C21H20Br2ClNO5. The monoisotopic (exact) mass is 559 g/mol. The largest absolute Gasteiger partial charge is 0.507 e. The maximum absolute atomic E-state index is 12.9.